The van der Waals surface area contributed by atoms with Crippen LogP contribution in [0.1, 0.15) is 26.3 Å². The number of carbonyl (C=O) groups is 1. The molecule has 4 rings (SSSR count). The number of nitrogens with zero attached hydrogens (tertiary/aromatic N) is 3. The minimum Gasteiger partial charge on any atom is -0.478 e. The number of fused-ring (bicyclic) bond motifs is 1. The third-order valence-corrected chi connectivity index (χ3v) is 4.88. The summed E-state index contributed by atoms with van der Waals surface area (Å²) in [4.78, 5) is 14.4. The molecular formula is C24H24N4O2. The molecule has 0 aliphatic rings. The van der Waals surface area contributed by atoms with Crippen LogP contribution in [0.5, 0.6) is 5.75 Å². The van der Waals surface area contributed by atoms with Gasteiger partial charge in [0.15, 0.2) is 5.60 Å². The fraction of sp³-hybridized carbons (Fsp3) is 0.208. The predicted molar refractivity (Wildman–Crippen MR) is 118 cm³/mol. The highest BCUT2D eigenvalue weighted by Crippen LogP contribution is 2.22. The number of para-hydroxylation sites is 1. The van der Waals surface area contributed by atoms with Crippen molar-refractivity contribution in [3.63, 3.8) is 0 Å². The zero-order valence-electron chi connectivity index (χ0n) is 17.3. The lowest BCUT2D eigenvalue weighted by molar-refractivity contribution is -0.128. The SMILES string of the molecule is CCc1ccc(-n2nc3ccc(NC(=O)C(C)(C)Oc4ccccc4)cc3n2)cc1. The van der Waals surface area contributed by atoms with Gasteiger partial charge in [-0.05, 0) is 68.3 Å². The maximum atomic E-state index is 12.8. The number of anilines is 1. The normalized spacial score (nSPS) is 11.4. The van der Waals surface area contributed by atoms with E-state index in [1.807, 2.05) is 60.7 Å². The van der Waals surface area contributed by atoms with Crippen LogP contribution >= 0.6 is 0 Å². The average molecular weight is 400 g/mol. The number of carbonyl (C=O) groups excluding carboxylic acids is 1. The van der Waals surface area contributed by atoms with Gasteiger partial charge < -0.3 is 10.1 Å². The van der Waals surface area contributed by atoms with E-state index in [4.69, 9.17) is 4.74 Å². The molecule has 1 aromatic heterocycles. The topological polar surface area (TPSA) is 69.0 Å². The molecular weight excluding hydrogens is 376 g/mol. The lowest BCUT2D eigenvalue weighted by Gasteiger charge is -2.25. The number of hydrogen-bond donors (Lipinski definition) is 1. The van der Waals surface area contributed by atoms with Gasteiger partial charge in [0.2, 0.25) is 0 Å². The van der Waals surface area contributed by atoms with Crippen LogP contribution < -0.4 is 10.1 Å². The summed E-state index contributed by atoms with van der Waals surface area (Å²) in [6.45, 7) is 5.60. The van der Waals surface area contributed by atoms with E-state index in [2.05, 4.69) is 34.6 Å². The summed E-state index contributed by atoms with van der Waals surface area (Å²) in [6, 6.07) is 22.9. The Morgan fingerprint density at radius 2 is 1.67 bits per heavy atom. The van der Waals surface area contributed by atoms with Gasteiger partial charge in [-0.2, -0.15) is 4.80 Å². The molecule has 1 heterocycles. The van der Waals surface area contributed by atoms with Crippen molar-refractivity contribution in [2.75, 3.05) is 5.32 Å². The number of ether oxygens (including phenoxy) is 1. The molecule has 0 atom stereocenters. The second-order valence-electron chi connectivity index (χ2n) is 7.59. The molecule has 0 aliphatic carbocycles. The minimum atomic E-state index is -1.03. The molecule has 0 bridgehead atoms. The van der Waals surface area contributed by atoms with Gasteiger partial charge in [0.05, 0.1) is 5.69 Å². The van der Waals surface area contributed by atoms with E-state index in [9.17, 15) is 4.79 Å². The van der Waals surface area contributed by atoms with Crippen LogP contribution in [0.15, 0.2) is 72.8 Å². The molecule has 1 amide bonds. The molecule has 0 fully saturated rings. The van der Waals surface area contributed by atoms with Crippen LogP contribution in [0.2, 0.25) is 0 Å². The maximum Gasteiger partial charge on any atom is 0.267 e. The van der Waals surface area contributed by atoms with Crippen molar-refractivity contribution >= 4 is 22.6 Å². The molecule has 152 valence electrons. The van der Waals surface area contributed by atoms with Crippen molar-refractivity contribution in [1.29, 1.82) is 0 Å². The van der Waals surface area contributed by atoms with Crippen LogP contribution in [0.3, 0.4) is 0 Å². The first kappa shape index (κ1) is 19.6. The third-order valence-electron chi connectivity index (χ3n) is 4.88. The highest BCUT2D eigenvalue weighted by Gasteiger charge is 2.30. The summed E-state index contributed by atoms with van der Waals surface area (Å²) in [5.74, 6) is 0.401. The summed E-state index contributed by atoms with van der Waals surface area (Å²) in [5, 5.41) is 12.0. The second kappa shape index (κ2) is 7.99. The van der Waals surface area contributed by atoms with Crippen LogP contribution in [0.4, 0.5) is 5.69 Å². The van der Waals surface area contributed by atoms with Gasteiger partial charge in [-0.15, -0.1) is 10.2 Å². The van der Waals surface area contributed by atoms with E-state index in [0.717, 1.165) is 17.6 Å². The fourth-order valence-electron chi connectivity index (χ4n) is 3.08. The van der Waals surface area contributed by atoms with Gasteiger partial charge in [0, 0.05) is 5.69 Å². The summed E-state index contributed by atoms with van der Waals surface area (Å²) in [5.41, 5.74) is 3.23. The van der Waals surface area contributed by atoms with E-state index in [1.165, 1.54) is 5.56 Å². The second-order valence-corrected chi connectivity index (χ2v) is 7.59. The quantitative estimate of drug-likeness (QED) is 0.506. The van der Waals surface area contributed by atoms with E-state index < -0.39 is 5.60 Å². The molecule has 6 nitrogen and oxygen atoms in total. The zero-order chi connectivity index (χ0) is 21.1. The molecule has 0 aliphatic heterocycles. The molecule has 30 heavy (non-hydrogen) atoms. The zero-order valence-corrected chi connectivity index (χ0v) is 17.3. The Hall–Kier alpha value is -3.67. The average Bonchev–Trinajstić information content (AvgIpc) is 3.17. The van der Waals surface area contributed by atoms with Crippen molar-refractivity contribution in [2.45, 2.75) is 32.8 Å². The van der Waals surface area contributed by atoms with Crippen LogP contribution in [-0.2, 0) is 11.2 Å². The Morgan fingerprint density at radius 1 is 0.967 bits per heavy atom. The molecule has 6 heteroatoms. The summed E-state index contributed by atoms with van der Waals surface area (Å²) >= 11 is 0. The van der Waals surface area contributed by atoms with E-state index in [1.54, 1.807) is 18.6 Å². The lowest BCUT2D eigenvalue weighted by Crippen LogP contribution is -2.42. The number of benzene rings is 3. The highest BCUT2D eigenvalue weighted by atomic mass is 16.5. The van der Waals surface area contributed by atoms with Gasteiger partial charge in [0.1, 0.15) is 16.8 Å². The number of amides is 1. The summed E-state index contributed by atoms with van der Waals surface area (Å²) in [7, 11) is 0. The van der Waals surface area contributed by atoms with E-state index >= 15 is 0 Å². The Labute approximate surface area is 175 Å². The molecule has 0 saturated heterocycles. The van der Waals surface area contributed by atoms with Crippen molar-refractivity contribution < 1.29 is 9.53 Å². The number of aromatic nitrogens is 3. The highest BCUT2D eigenvalue weighted by molar-refractivity contribution is 5.98. The van der Waals surface area contributed by atoms with Crippen LogP contribution in [0.25, 0.3) is 16.7 Å². The smallest absolute Gasteiger partial charge is 0.267 e. The number of aryl methyl sites for hydroxylation is 1. The third kappa shape index (κ3) is 4.17. The largest absolute Gasteiger partial charge is 0.478 e. The molecule has 4 aromatic rings. The first-order valence-electron chi connectivity index (χ1n) is 9.96. The standard InChI is InChI=1S/C24H24N4O2/c1-4-17-10-13-19(14-11-17)28-26-21-15-12-18(16-22(21)27-28)25-23(29)24(2,3)30-20-8-6-5-7-9-20/h5-16H,4H2,1-3H3,(H,25,29). The minimum absolute atomic E-state index is 0.242. The van der Waals surface area contributed by atoms with Crippen LogP contribution in [-0.4, -0.2) is 26.5 Å². The Kier molecular flexibility index (Phi) is 5.23. The van der Waals surface area contributed by atoms with Gasteiger partial charge >= 0.3 is 0 Å². The first-order valence-corrected chi connectivity index (χ1v) is 9.96. The predicted octanol–water partition coefficient (Wildman–Crippen LogP) is 4.78. The Balaban J connectivity index is 1.52. The first-order chi connectivity index (χ1) is 14.4. The molecule has 0 radical (unpaired) electrons. The monoisotopic (exact) mass is 400 g/mol. The Morgan fingerprint density at radius 3 is 2.37 bits per heavy atom. The molecule has 0 unspecified atom stereocenters. The number of hydrogen-bond acceptors (Lipinski definition) is 4. The fourth-order valence-corrected chi connectivity index (χ4v) is 3.08. The van der Waals surface area contributed by atoms with E-state index in [0.29, 0.717) is 17.0 Å². The number of rotatable bonds is 6. The van der Waals surface area contributed by atoms with E-state index in [-0.39, 0.29) is 5.91 Å². The van der Waals surface area contributed by atoms with Gasteiger partial charge in [-0.3, -0.25) is 4.79 Å². The summed E-state index contributed by atoms with van der Waals surface area (Å²) in [6.07, 6.45) is 0.988. The van der Waals surface area contributed by atoms with Crippen molar-refractivity contribution in [1.82, 2.24) is 15.0 Å². The van der Waals surface area contributed by atoms with Crippen molar-refractivity contribution in [3.05, 3.63) is 78.4 Å². The van der Waals surface area contributed by atoms with Crippen LogP contribution in [0, 0.1) is 0 Å². The Bertz CT molecular complexity index is 1170. The summed E-state index contributed by atoms with van der Waals surface area (Å²) < 4.78 is 5.86. The molecule has 1 N–H and O–H groups in total. The van der Waals surface area contributed by atoms with Gasteiger partial charge in [-0.1, -0.05) is 37.3 Å². The molecule has 0 saturated carbocycles. The molecule has 0 spiro atoms. The van der Waals surface area contributed by atoms with Crippen molar-refractivity contribution in [2.24, 2.45) is 0 Å². The maximum absolute atomic E-state index is 12.8. The van der Waals surface area contributed by atoms with Crippen molar-refractivity contribution in [3.8, 4) is 11.4 Å². The number of nitrogens with one attached hydrogen (secondary N) is 1. The van der Waals surface area contributed by atoms with Gasteiger partial charge in [0.25, 0.3) is 5.91 Å². The lowest BCUT2D eigenvalue weighted by atomic mass is 10.1. The molecule has 3 aromatic carbocycles. The van der Waals surface area contributed by atoms with Gasteiger partial charge in [-0.25, -0.2) is 0 Å².